The number of aromatic nitrogens is 2. The largest absolute Gasteiger partial charge is 0.480 e. The third-order valence-electron chi connectivity index (χ3n) is 6.16. The van der Waals surface area contributed by atoms with Crippen LogP contribution in [0.2, 0.25) is 0 Å². The van der Waals surface area contributed by atoms with Gasteiger partial charge in [-0.3, -0.25) is 24.5 Å². The van der Waals surface area contributed by atoms with Gasteiger partial charge in [-0.25, -0.2) is 4.68 Å². The second-order valence-electron chi connectivity index (χ2n) is 8.63. The zero-order valence-corrected chi connectivity index (χ0v) is 20.9. The standard InChI is InChI=1S/C24H21N5O6S2/c30-18(11-15-5-2-1-3-6-15)26-20-21(31)27-13-24(23(32)33,14-36-22(20)27)37-19-9-10-25-28(19)16-7-4-8-17(12-16)29(34)35/h1-10,12,20,22H,11,13-14H2,(H,26,30)(H,32,33)/t20-,22-,24?/m1/s1. The van der Waals surface area contributed by atoms with Gasteiger partial charge in [0.1, 0.15) is 21.2 Å². The van der Waals surface area contributed by atoms with E-state index in [4.69, 9.17) is 0 Å². The number of carboxylic acids is 1. The molecule has 11 nitrogen and oxygen atoms in total. The Kier molecular flexibility index (Phi) is 6.65. The molecule has 2 aromatic carbocycles. The van der Waals surface area contributed by atoms with Gasteiger partial charge in [0.15, 0.2) is 0 Å². The van der Waals surface area contributed by atoms with E-state index in [0.29, 0.717) is 10.7 Å². The summed E-state index contributed by atoms with van der Waals surface area (Å²) < 4.78 is 0.0813. The van der Waals surface area contributed by atoms with Crippen LogP contribution >= 0.6 is 23.5 Å². The Morgan fingerprint density at radius 2 is 2.00 bits per heavy atom. The van der Waals surface area contributed by atoms with E-state index in [0.717, 1.165) is 17.3 Å². The van der Waals surface area contributed by atoms with Gasteiger partial charge in [-0.1, -0.05) is 48.2 Å². The van der Waals surface area contributed by atoms with Crippen LogP contribution in [0.5, 0.6) is 0 Å². The molecule has 3 heterocycles. The number of carbonyl (C=O) groups is 3. The number of hydrogen-bond acceptors (Lipinski definition) is 8. The maximum atomic E-state index is 12.9. The van der Waals surface area contributed by atoms with E-state index in [9.17, 15) is 29.6 Å². The van der Waals surface area contributed by atoms with Gasteiger partial charge >= 0.3 is 5.97 Å². The summed E-state index contributed by atoms with van der Waals surface area (Å²) in [6.07, 6.45) is 1.64. The van der Waals surface area contributed by atoms with Crippen molar-refractivity contribution in [1.82, 2.24) is 20.0 Å². The van der Waals surface area contributed by atoms with Crippen molar-refractivity contribution in [1.29, 1.82) is 0 Å². The molecule has 0 bridgehead atoms. The number of amides is 2. The highest BCUT2D eigenvalue weighted by molar-refractivity contribution is 8.05. The maximum absolute atomic E-state index is 12.9. The predicted octanol–water partition coefficient (Wildman–Crippen LogP) is 2.34. The maximum Gasteiger partial charge on any atom is 0.322 e. The number of aliphatic carboxylic acids is 1. The Bertz CT molecular complexity index is 1380. The van der Waals surface area contributed by atoms with Crippen molar-refractivity contribution in [2.75, 3.05) is 12.3 Å². The molecule has 190 valence electrons. The molecule has 2 N–H and O–H groups in total. The molecule has 2 aliphatic heterocycles. The van der Waals surface area contributed by atoms with Gasteiger partial charge in [0.25, 0.3) is 5.69 Å². The Labute approximate surface area is 219 Å². The van der Waals surface area contributed by atoms with Crippen LogP contribution in [0.25, 0.3) is 5.69 Å². The Morgan fingerprint density at radius 3 is 2.73 bits per heavy atom. The number of non-ortho nitro benzene ring substituents is 1. The molecule has 1 aromatic heterocycles. The summed E-state index contributed by atoms with van der Waals surface area (Å²) in [4.78, 5) is 50.0. The first-order chi connectivity index (χ1) is 17.8. The normalized spacial score (nSPS) is 22.6. The number of thioether (sulfide) groups is 2. The van der Waals surface area contributed by atoms with E-state index in [1.165, 1.54) is 45.7 Å². The fourth-order valence-corrected chi connectivity index (χ4v) is 7.18. The number of rotatable bonds is 8. The van der Waals surface area contributed by atoms with Crippen LogP contribution in [0.3, 0.4) is 0 Å². The van der Waals surface area contributed by atoms with Gasteiger partial charge in [-0.05, 0) is 17.7 Å². The minimum Gasteiger partial charge on any atom is -0.480 e. The molecule has 2 aliphatic rings. The van der Waals surface area contributed by atoms with Gasteiger partial charge in [-0.2, -0.15) is 5.10 Å². The first kappa shape index (κ1) is 24.8. The smallest absolute Gasteiger partial charge is 0.322 e. The highest BCUT2D eigenvalue weighted by Gasteiger charge is 2.58. The second-order valence-corrected chi connectivity index (χ2v) is 11.1. The summed E-state index contributed by atoms with van der Waals surface area (Å²) in [5, 5.41) is 28.5. The lowest BCUT2D eigenvalue weighted by Gasteiger charge is -2.53. The van der Waals surface area contributed by atoms with E-state index < -0.39 is 21.7 Å². The first-order valence-corrected chi connectivity index (χ1v) is 13.1. The fraction of sp³-hybridized carbons (Fsp3) is 0.250. The average Bonchev–Trinajstić information content (AvgIpc) is 3.35. The third-order valence-corrected chi connectivity index (χ3v) is 9.23. The molecular formula is C24H21N5O6S2. The van der Waals surface area contributed by atoms with Crippen molar-refractivity contribution < 1.29 is 24.4 Å². The molecule has 0 spiro atoms. The summed E-state index contributed by atoms with van der Waals surface area (Å²) in [5.74, 6) is -1.49. The topological polar surface area (TPSA) is 148 Å². The highest BCUT2D eigenvalue weighted by Crippen LogP contribution is 2.46. The summed E-state index contributed by atoms with van der Waals surface area (Å²) in [6.45, 7) is -0.0470. The number of β-lactam (4-membered cyclic amide) rings is 1. The number of carboxylic acid groups (broad SMARTS) is 1. The van der Waals surface area contributed by atoms with Crippen molar-refractivity contribution in [3.63, 3.8) is 0 Å². The van der Waals surface area contributed by atoms with Crippen molar-refractivity contribution in [2.24, 2.45) is 0 Å². The number of benzene rings is 2. The van der Waals surface area contributed by atoms with Gasteiger partial charge in [0, 0.05) is 24.4 Å². The van der Waals surface area contributed by atoms with Crippen LogP contribution in [-0.2, 0) is 20.8 Å². The Balaban J connectivity index is 1.30. The van der Waals surface area contributed by atoms with Gasteiger partial charge in [-0.15, -0.1) is 11.8 Å². The first-order valence-electron chi connectivity index (χ1n) is 11.2. The van der Waals surface area contributed by atoms with Crippen molar-refractivity contribution >= 4 is 47.0 Å². The number of fused-ring (bicyclic) bond motifs is 1. The molecule has 0 aliphatic carbocycles. The highest BCUT2D eigenvalue weighted by atomic mass is 32.2. The lowest BCUT2D eigenvalue weighted by atomic mass is 10.0. The Hall–Kier alpha value is -3.84. The van der Waals surface area contributed by atoms with E-state index in [2.05, 4.69) is 10.4 Å². The minimum atomic E-state index is -1.37. The van der Waals surface area contributed by atoms with E-state index in [-0.39, 0.29) is 41.6 Å². The fourth-order valence-electron chi connectivity index (χ4n) is 4.29. The second kappa shape index (κ2) is 9.90. The molecule has 3 aromatic rings. The summed E-state index contributed by atoms with van der Waals surface area (Å²) in [6, 6.07) is 16.0. The van der Waals surface area contributed by atoms with Crippen LogP contribution in [0.15, 0.2) is 71.9 Å². The minimum absolute atomic E-state index is 0.0470. The monoisotopic (exact) mass is 539 g/mol. The predicted molar refractivity (Wildman–Crippen MR) is 136 cm³/mol. The van der Waals surface area contributed by atoms with Crippen molar-refractivity contribution in [3.8, 4) is 5.69 Å². The lowest BCUT2D eigenvalue weighted by molar-refractivity contribution is -0.384. The van der Waals surface area contributed by atoms with Gasteiger partial charge in [0.05, 0.1) is 23.2 Å². The molecule has 5 rings (SSSR count). The van der Waals surface area contributed by atoms with E-state index >= 15 is 0 Å². The van der Waals surface area contributed by atoms with Crippen LogP contribution in [0.1, 0.15) is 5.56 Å². The molecular weight excluding hydrogens is 518 g/mol. The Morgan fingerprint density at radius 1 is 1.22 bits per heavy atom. The molecule has 37 heavy (non-hydrogen) atoms. The van der Waals surface area contributed by atoms with E-state index in [1.54, 1.807) is 12.1 Å². The van der Waals surface area contributed by atoms with Crippen LogP contribution in [0, 0.1) is 10.1 Å². The molecule has 1 unspecified atom stereocenters. The zero-order valence-electron chi connectivity index (χ0n) is 19.2. The lowest BCUT2D eigenvalue weighted by Crippen LogP contribution is -2.74. The quantitative estimate of drug-likeness (QED) is 0.250. The molecule has 13 heteroatoms. The number of nitro groups is 1. The summed E-state index contributed by atoms with van der Waals surface area (Å²) >= 11 is 2.36. The number of nitrogens with one attached hydrogen (secondary N) is 1. The average molecular weight is 540 g/mol. The molecule has 2 saturated heterocycles. The van der Waals surface area contributed by atoms with Crippen LogP contribution in [0.4, 0.5) is 5.69 Å². The number of hydrogen-bond donors (Lipinski definition) is 2. The number of nitro benzene ring substituents is 1. The van der Waals surface area contributed by atoms with E-state index in [1.807, 2.05) is 30.3 Å². The van der Waals surface area contributed by atoms with Crippen LogP contribution < -0.4 is 5.32 Å². The molecule has 0 saturated carbocycles. The number of carbonyl (C=O) groups excluding carboxylic acids is 2. The van der Waals surface area contributed by atoms with Crippen LogP contribution in [-0.4, -0.2) is 71.0 Å². The van der Waals surface area contributed by atoms with Crippen molar-refractivity contribution in [2.45, 2.75) is 27.6 Å². The van der Waals surface area contributed by atoms with Crippen molar-refractivity contribution in [3.05, 3.63) is 82.5 Å². The SMILES string of the molecule is O=C(Cc1ccccc1)N[C@@H]1C(=O)N2CC(Sc3ccnn3-c3cccc([N+](=O)[O-])c3)(C(=O)O)CS[C@H]12. The zero-order chi connectivity index (χ0) is 26.2. The third kappa shape index (κ3) is 4.79. The number of nitrogens with zero attached hydrogens (tertiary/aromatic N) is 4. The van der Waals surface area contributed by atoms with Gasteiger partial charge < -0.3 is 15.3 Å². The molecule has 0 radical (unpaired) electrons. The molecule has 2 amide bonds. The summed E-state index contributed by atoms with van der Waals surface area (Å²) in [7, 11) is 0. The molecule has 2 fully saturated rings. The van der Waals surface area contributed by atoms with Gasteiger partial charge in [0.2, 0.25) is 11.8 Å². The molecule has 3 atom stereocenters. The summed E-state index contributed by atoms with van der Waals surface area (Å²) in [5.41, 5.74) is 1.14.